The van der Waals surface area contributed by atoms with Crippen molar-refractivity contribution in [3.05, 3.63) is 35.4 Å². The summed E-state index contributed by atoms with van der Waals surface area (Å²) in [5, 5.41) is 6.52. The number of benzene rings is 1. The van der Waals surface area contributed by atoms with Crippen LogP contribution in [0.25, 0.3) is 0 Å². The van der Waals surface area contributed by atoms with Gasteiger partial charge in [0.15, 0.2) is 5.96 Å². The molecule has 2 N–H and O–H groups in total. The number of hydrogen-bond acceptors (Lipinski definition) is 2. The minimum absolute atomic E-state index is 0. The molecule has 0 amide bonds. The Morgan fingerprint density at radius 3 is 2.50 bits per heavy atom. The second-order valence-electron chi connectivity index (χ2n) is 5.44. The molecule has 0 aliphatic carbocycles. The van der Waals surface area contributed by atoms with Crippen LogP contribution in [0, 0.1) is 0 Å². The van der Waals surface area contributed by atoms with Crippen molar-refractivity contribution >= 4 is 29.9 Å². The minimum Gasteiger partial charge on any atom is -0.357 e. The average Bonchev–Trinajstić information content (AvgIpc) is 2.52. The van der Waals surface area contributed by atoms with Gasteiger partial charge < -0.3 is 10.6 Å². The highest BCUT2D eigenvalue weighted by molar-refractivity contribution is 14.0. The fraction of sp³-hybridized carbons (Fsp3) is 0.588. The number of guanidine groups is 1. The number of halogens is 1. The topological polar surface area (TPSA) is 39.7 Å². The van der Waals surface area contributed by atoms with E-state index in [4.69, 9.17) is 0 Å². The summed E-state index contributed by atoms with van der Waals surface area (Å²) in [7, 11) is 0. The van der Waals surface area contributed by atoms with E-state index in [1.54, 1.807) is 0 Å². The molecule has 0 radical (unpaired) electrons. The summed E-state index contributed by atoms with van der Waals surface area (Å²) < 4.78 is 0. The number of hydrogen-bond donors (Lipinski definition) is 2. The molecule has 0 saturated carbocycles. The molecular weight excluding hydrogens is 387 g/mol. The van der Waals surface area contributed by atoms with E-state index in [1.807, 2.05) is 0 Å². The number of nitrogens with one attached hydrogen (secondary N) is 2. The number of aliphatic imine (C=N–C) groups is 1. The summed E-state index contributed by atoms with van der Waals surface area (Å²) in [5.41, 5.74) is 3.02. The standard InChI is InChI=1S/C17H28N4.HI/c1-3-18-17(19-4-2)20-11-7-12-21-13-10-15-8-5-6-9-16(15)14-21;/h5-6,8-9H,3-4,7,10-14H2,1-2H3,(H2,18,19,20);1H. The molecule has 0 fully saturated rings. The van der Waals surface area contributed by atoms with Crippen LogP contribution in [0.3, 0.4) is 0 Å². The molecule has 0 unspecified atom stereocenters. The number of rotatable bonds is 6. The first kappa shape index (κ1) is 19.2. The second-order valence-corrected chi connectivity index (χ2v) is 5.44. The predicted molar refractivity (Wildman–Crippen MR) is 105 cm³/mol. The van der Waals surface area contributed by atoms with Crippen molar-refractivity contribution in [2.24, 2.45) is 4.99 Å². The van der Waals surface area contributed by atoms with Crippen LogP contribution in [0.2, 0.25) is 0 Å². The molecule has 1 aromatic carbocycles. The highest BCUT2D eigenvalue weighted by atomic mass is 127. The second kappa shape index (κ2) is 10.8. The van der Waals surface area contributed by atoms with Crippen LogP contribution in [-0.4, -0.2) is 43.6 Å². The van der Waals surface area contributed by atoms with Gasteiger partial charge in [-0.1, -0.05) is 24.3 Å². The first-order chi connectivity index (χ1) is 10.3. The molecule has 0 bridgehead atoms. The molecule has 124 valence electrons. The van der Waals surface area contributed by atoms with E-state index < -0.39 is 0 Å². The Balaban J connectivity index is 0.00000242. The third-order valence-electron chi connectivity index (χ3n) is 3.80. The van der Waals surface area contributed by atoms with Crippen molar-refractivity contribution < 1.29 is 0 Å². The summed E-state index contributed by atoms with van der Waals surface area (Å²) in [5.74, 6) is 0.934. The lowest BCUT2D eigenvalue weighted by Gasteiger charge is -2.28. The fourth-order valence-corrected chi connectivity index (χ4v) is 2.74. The lowest BCUT2D eigenvalue weighted by molar-refractivity contribution is 0.252. The molecule has 0 atom stereocenters. The summed E-state index contributed by atoms with van der Waals surface area (Å²) in [4.78, 5) is 7.14. The molecule has 1 heterocycles. The normalized spacial score (nSPS) is 13.7. The Morgan fingerprint density at radius 1 is 1.14 bits per heavy atom. The van der Waals surface area contributed by atoms with Gasteiger partial charge in [0.25, 0.3) is 0 Å². The van der Waals surface area contributed by atoms with Crippen molar-refractivity contribution in [3.8, 4) is 0 Å². The van der Waals surface area contributed by atoms with Crippen LogP contribution in [0.15, 0.2) is 29.3 Å². The van der Waals surface area contributed by atoms with Crippen LogP contribution in [0.1, 0.15) is 31.4 Å². The van der Waals surface area contributed by atoms with Crippen LogP contribution in [0.5, 0.6) is 0 Å². The molecule has 0 saturated heterocycles. The van der Waals surface area contributed by atoms with Crippen molar-refractivity contribution in [2.45, 2.75) is 33.2 Å². The maximum atomic E-state index is 4.60. The van der Waals surface area contributed by atoms with Gasteiger partial charge in [-0.3, -0.25) is 9.89 Å². The van der Waals surface area contributed by atoms with Crippen LogP contribution in [0.4, 0.5) is 0 Å². The molecule has 1 aliphatic heterocycles. The lowest BCUT2D eigenvalue weighted by atomic mass is 10.00. The Hall–Kier alpha value is -0.820. The SMILES string of the molecule is CCNC(=NCCCN1CCc2ccccc2C1)NCC.I. The third kappa shape index (κ3) is 6.12. The van der Waals surface area contributed by atoms with Crippen molar-refractivity contribution in [1.29, 1.82) is 0 Å². The largest absolute Gasteiger partial charge is 0.357 e. The van der Waals surface area contributed by atoms with Gasteiger partial charge in [-0.25, -0.2) is 0 Å². The van der Waals surface area contributed by atoms with E-state index in [9.17, 15) is 0 Å². The predicted octanol–water partition coefficient (Wildman–Crippen LogP) is 2.63. The molecule has 0 aromatic heterocycles. The molecule has 5 heteroatoms. The highest BCUT2D eigenvalue weighted by Gasteiger charge is 2.14. The Morgan fingerprint density at radius 2 is 1.82 bits per heavy atom. The molecule has 22 heavy (non-hydrogen) atoms. The highest BCUT2D eigenvalue weighted by Crippen LogP contribution is 2.18. The molecule has 1 aliphatic rings. The molecule has 0 spiro atoms. The summed E-state index contributed by atoms with van der Waals surface area (Å²) in [6, 6.07) is 8.81. The number of fused-ring (bicyclic) bond motifs is 1. The van der Waals surface area contributed by atoms with E-state index in [2.05, 4.69) is 58.6 Å². The lowest BCUT2D eigenvalue weighted by Crippen LogP contribution is -2.37. The third-order valence-corrected chi connectivity index (χ3v) is 3.80. The van der Waals surface area contributed by atoms with Gasteiger partial charge in [0.2, 0.25) is 0 Å². The Labute approximate surface area is 151 Å². The van der Waals surface area contributed by atoms with Crippen molar-refractivity contribution in [1.82, 2.24) is 15.5 Å². The zero-order valence-corrected chi connectivity index (χ0v) is 16.1. The van der Waals surface area contributed by atoms with E-state index in [1.165, 1.54) is 24.1 Å². The fourth-order valence-electron chi connectivity index (χ4n) is 2.74. The summed E-state index contributed by atoms with van der Waals surface area (Å²) >= 11 is 0. The average molecular weight is 416 g/mol. The maximum Gasteiger partial charge on any atom is 0.191 e. The summed E-state index contributed by atoms with van der Waals surface area (Å²) in [6.07, 6.45) is 2.29. The van der Waals surface area contributed by atoms with Crippen LogP contribution in [-0.2, 0) is 13.0 Å². The molecule has 4 nitrogen and oxygen atoms in total. The van der Waals surface area contributed by atoms with Gasteiger partial charge in [-0.05, 0) is 37.8 Å². The Bertz CT molecular complexity index is 454. The van der Waals surface area contributed by atoms with E-state index in [0.29, 0.717) is 0 Å². The van der Waals surface area contributed by atoms with E-state index >= 15 is 0 Å². The molecule has 2 rings (SSSR count). The van der Waals surface area contributed by atoms with Crippen LogP contribution >= 0.6 is 24.0 Å². The van der Waals surface area contributed by atoms with E-state index in [-0.39, 0.29) is 24.0 Å². The minimum atomic E-state index is 0. The van der Waals surface area contributed by atoms with Gasteiger partial charge in [-0.15, -0.1) is 24.0 Å². The van der Waals surface area contributed by atoms with Gasteiger partial charge in [0.05, 0.1) is 0 Å². The molecular formula is C17H29IN4. The monoisotopic (exact) mass is 416 g/mol. The molecule has 1 aromatic rings. The Kier molecular flexibility index (Phi) is 9.47. The van der Waals surface area contributed by atoms with Gasteiger partial charge in [0.1, 0.15) is 0 Å². The smallest absolute Gasteiger partial charge is 0.191 e. The van der Waals surface area contributed by atoms with E-state index in [0.717, 1.165) is 45.1 Å². The van der Waals surface area contributed by atoms with Gasteiger partial charge in [-0.2, -0.15) is 0 Å². The summed E-state index contributed by atoms with van der Waals surface area (Å²) in [6.45, 7) is 10.3. The number of nitrogens with zero attached hydrogens (tertiary/aromatic N) is 2. The first-order valence-electron chi connectivity index (χ1n) is 8.14. The maximum absolute atomic E-state index is 4.60. The first-order valence-corrected chi connectivity index (χ1v) is 8.14. The zero-order valence-electron chi connectivity index (χ0n) is 13.8. The van der Waals surface area contributed by atoms with Crippen LogP contribution < -0.4 is 10.6 Å². The zero-order chi connectivity index (χ0) is 14.9. The van der Waals surface area contributed by atoms with Crippen molar-refractivity contribution in [3.63, 3.8) is 0 Å². The quantitative estimate of drug-likeness (QED) is 0.324. The van der Waals surface area contributed by atoms with Gasteiger partial charge >= 0.3 is 0 Å². The van der Waals surface area contributed by atoms with Crippen molar-refractivity contribution in [2.75, 3.05) is 32.7 Å². The van der Waals surface area contributed by atoms with Gasteiger partial charge in [0, 0.05) is 39.3 Å².